The van der Waals surface area contributed by atoms with Crippen molar-refractivity contribution >= 4 is 28.1 Å². The molecule has 0 radical (unpaired) electrons. The van der Waals surface area contributed by atoms with Gasteiger partial charge in [-0.25, -0.2) is 13.1 Å². The lowest BCUT2D eigenvalue weighted by atomic mass is 9.90. The molecule has 0 bridgehead atoms. The van der Waals surface area contributed by atoms with Crippen molar-refractivity contribution in [3.63, 3.8) is 0 Å². The Balaban J connectivity index is 0.00000264. The SMILES string of the molecule is CCOCCS(=O)(=O)NC1CC(C)(C)Oc2ccc(N)cc21.Cl. The summed E-state index contributed by atoms with van der Waals surface area (Å²) in [6, 6.07) is 4.95. The van der Waals surface area contributed by atoms with Crippen molar-refractivity contribution in [1.82, 2.24) is 4.72 Å². The lowest BCUT2D eigenvalue weighted by molar-refractivity contribution is 0.0702. The number of nitrogens with two attached hydrogens (primary N) is 1. The minimum Gasteiger partial charge on any atom is -0.487 e. The van der Waals surface area contributed by atoms with Gasteiger partial charge in [0, 0.05) is 24.3 Å². The topological polar surface area (TPSA) is 90.7 Å². The molecule has 1 unspecified atom stereocenters. The number of nitrogen functional groups attached to an aromatic ring is 1. The predicted octanol–water partition coefficient (Wildman–Crippen LogP) is 2.25. The molecule has 8 heteroatoms. The van der Waals surface area contributed by atoms with Crippen molar-refractivity contribution < 1.29 is 17.9 Å². The zero-order valence-electron chi connectivity index (χ0n) is 13.7. The van der Waals surface area contributed by atoms with Gasteiger partial charge in [0.25, 0.3) is 0 Å². The van der Waals surface area contributed by atoms with E-state index in [0.29, 0.717) is 24.5 Å². The second-order valence-corrected chi connectivity index (χ2v) is 7.92. The number of rotatable bonds is 6. The van der Waals surface area contributed by atoms with Crippen LogP contribution < -0.4 is 15.2 Å². The summed E-state index contributed by atoms with van der Waals surface area (Å²) in [5.74, 6) is 0.610. The van der Waals surface area contributed by atoms with Gasteiger partial charge < -0.3 is 15.2 Å². The summed E-state index contributed by atoms with van der Waals surface area (Å²) >= 11 is 0. The standard InChI is InChI=1S/C15H24N2O4S.ClH/c1-4-20-7-8-22(18,19)17-13-10-15(2,3)21-14-6-5-11(16)9-12(13)14;/h5-6,9,13,17H,4,7-8,10,16H2,1-3H3;1H. The van der Waals surface area contributed by atoms with Crippen LogP contribution in [0.2, 0.25) is 0 Å². The third-order valence-corrected chi connectivity index (χ3v) is 4.86. The molecule has 1 atom stereocenters. The summed E-state index contributed by atoms with van der Waals surface area (Å²) < 4.78 is 38.2. The summed E-state index contributed by atoms with van der Waals surface area (Å²) in [6.07, 6.45) is 0.539. The van der Waals surface area contributed by atoms with Gasteiger partial charge in [0.15, 0.2) is 0 Å². The van der Waals surface area contributed by atoms with Gasteiger partial charge in [-0.2, -0.15) is 0 Å². The molecule has 0 fully saturated rings. The van der Waals surface area contributed by atoms with E-state index in [9.17, 15) is 8.42 Å². The van der Waals surface area contributed by atoms with Gasteiger partial charge in [-0.1, -0.05) is 0 Å². The van der Waals surface area contributed by atoms with Gasteiger partial charge >= 0.3 is 0 Å². The van der Waals surface area contributed by atoms with E-state index in [2.05, 4.69) is 4.72 Å². The first kappa shape index (κ1) is 20.0. The Bertz CT molecular complexity index is 634. The minimum absolute atomic E-state index is 0. The van der Waals surface area contributed by atoms with Gasteiger partial charge in [0.2, 0.25) is 10.0 Å². The number of benzene rings is 1. The lowest BCUT2D eigenvalue weighted by Gasteiger charge is -2.37. The van der Waals surface area contributed by atoms with Crippen LogP contribution in [-0.4, -0.2) is 33.0 Å². The average molecular weight is 365 g/mol. The maximum atomic E-state index is 12.2. The summed E-state index contributed by atoms with van der Waals surface area (Å²) in [6.45, 7) is 6.39. The zero-order valence-corrected chi connectivity index (χ0v) is 15.3. The molecule has 0 aromatic heterocycles. The molecule has 2 rings (SSSR count). The van der Waals surface area contributed by atoms with Crippen LogP contribution >= 0.6 is 12.4 Å². The monoisotopic (exact) mass is 364 g/mol. The summed E-state index contributed by atoms with van der Waals surface area (Å²) in [5.41, 5.74) is 6.73. The summed E-state index contributed by atoms with van der Waals surface area (Å²) in [4.78, 5) is 0. The van der Waals surface area contributed by atoms with Crippen molar-refractivity contribution in [2.24, 2.45) is 0 Å². The van der Waals surface area contributed by atoms with Crippen molar-refractivity contribution in [1.29, 1.82) is 0 Å². The Hall–Kier alpha value is -1.02. The van der Waals surface area contributed by atoms with E-state index in [1.807, 2.05) is 20.8 Å². The first-order valence-electron chi connectivity index (χ1n) is 7.38. The van der Waals surface area contributed by atoms with Crippen molar-refractivity contribution in [3.05, 3.63) is 23.8 Å². The Morgan fingerprint density at radius 1 is 1.43 bits per heavy atom. The highest BCUT2D eigenvalue weighted by Crippen LogP contribution is 2.40. The van der Waals surface area contributed by atoms with E-state index in [4.69, 9.17) is 15.2 Å². The molecule has 0 aliphatic carbocycles. The average Bonchev–Trinajstić information content (AvgIpc) is 2.38. The molecule has 1 aromatic carbocycles. The molecule has 1 aliphatic rings. The molecular weight excluding hydrogens is 340 g/mol. The molecule has 0 spiro atoms. The van der Waals surface area contributed by atoms with Gasteiger partial charge in [-0.05, 0) is 39.0 Å². The lowest BCUT2D eigenvalue weighted by Crippen LogP contribution is -2.42. The van der Waals surface area contributed by atoms with Gasteiger partial charge in [-0.15, -0.1) is 12.4 Å². The Kier molecular flexibility index (Phi) is 6.70. The second kappa shape index (κ2) is 7.70. The molecule has 6 nitrogen and oxygen atoms in total. The second-order valence-electron chi connectivity index (χ2n) is 6.05. The highest BCUT2D eigenvalue weighted by atomic mass is 35.5. The van der Waals surface area contributed by atoms with E-state index < -0.39 is 15.6 Å². The molecule has 1 aliphatic heterocycles. The third kappa shape index (κ3) is 5.53. The fourth-order valence-electron chi connectivity index (χ4n) is 2.57. The fourth-order valence-corrected chi connectivity index (χ4v) is 3.67. The van der Waals surface area contributed by atoms with Gasteiger partial charge in [0.1, 0.15) is 11.4 Å². The number of hydrogen-bond donors (Lipinski definition) is 2. The normalized spacial score (nSPS) is 19.3. The zero-order chi connectivity index (χ0) is 16.4. The van der Waals surface area contributed by atoms with E-state index >= 15 is 0 Å². The number of sulfonamides is 1. The maximum Gasteiger partial charge on any atom is 0.214 e. The maximum absolute atomic E-state index is 12.2. The molecule has 1 heterocycles. The first-order chi connectivity index (χ1) is 10.2. The van der Waals surface area contributed by atoms with Crippen LogP contribution in [0.25, 0.3) is 0 Å². The molecular formula is C15H25ClN2O4S. The quantitative estimate of drug-likeness (QED) is 0.596. The highest BCUT2D eigenvalue weighted by molar-refractivity contribution is 7.89. The molecule has 3 N–H and O–H groups in total. The van der Waals surface area contributed by atoms with E-state index in [-0.39, 0.29) is 30.8 Å². The molecule has 132 valence electrons. The number of anilines is 1. The fraction of sp³-hybridized carbons (Fsp3) is 0.600. The molecule has 0 saturated heterocycles. The largest absolute Gasteiger partial charge is 0.487 e. The first-order valence-corrected chi connectivity index (χ1v) is 9.04. The Labute approximate surface area is 144 Å². The van der Waals surface area contributed by atoms with Crippen LogP contribution in [0, 0.1) is 0 Å². The van der Waals surface area contributed by atoms with Gasteiger partial charge in [0.05, 0.1) is 18.4 Å². The molecule has 23 heavy (non-hydrogen) atoms. The van der Waals surface area contributed by atoms with Crippen LogP contribution in [0.3, 0.4) is 0 Å². The van der Waals surface area contributed by atoms with Crippen molar-refractivity contribution in [2.45, 2.75) is 38.8 Å². The summed E-state index contributed by atoms with van der Waals surface area (Å²) in [5, 5.41) is 0. The number of ether oxygens (including phenoxy) is 2. The van der Waals surface area contributed by atoms with Crippen molar-refractivity contribution in [2.75, 3.05) is 24.7 Å². The summed E-state index contributed by atoms with van der Waals surface area (Å²) in [7, 11) is -3.43. The third-order valence-electron chi connectivity index (χ3n) is 3.51. The van der Waals surface area contributed by atoms with Crippen LogP contribution in [-0.2, 0) is 14.8 Å². The predicted molar refractivity (Wildman–Crippen MR) is 93.6 cm³/mol. The Morgan fingerprint density at radius 2 is 2.13 bits per heavy atom. The molecule has 1 aromatic rings. The van der Waals surface area contributed by atoms with Crippen LogP contribution in [0.15, 0.2) is 18.2 Å². The number of fused-ring (bicyclic) bond motifs is 1. The van der Waals surface area contributed by atoms with Crippen LogP contribution in [0.5, 0.6) is 5.75 Å². The van der Waals surface area contributed by atoms with Crippen LogP contribution in [0.4, 0.5) is 5.69 Å². The van der Waals surface area contributed by atoms with E-state index in [0.717, 1.165) is 5.56 Å². The molecule has 0 saturated carbocycles. The minimum atomic E-state index is -3.43. The number of halogens is 1. The van der Waals surface area contributed by atoms with Gasteiger partial charge in [-0.3, -0.25) is 0 Å². The highest BCUT2D eigenvalue weighted by Gasteiger charge is 2.35. The molecule has 0 amide bonds. The Morgan fingerprint density at radius 3 is 2.78 bits per heavy atom. The van der Waals surface area contributed by atoms with Crippen molar-refractivity contribution in [3.8, 4) is 5.75 Å². The number of hydrogen-bond acceptors (Lipinski definition) is 5. The van der Waals surface area contributed by atoms with E-state index in [1.54, 1.807) is 18.2 Å². The van der Waals surface area contributed by atoms with Crippen LogP contribution in [0.1, 0.15) is 38.8 Å². The van der Waals surface area contributed by atoms with E-state index in [1.165, 1.54) is 0 Å². The smallest absolute Gasteiger partial charge is 0.214 e. The number of nitrogens with one attached hydrogen (secondary N) is 1.